The van der Waals surface area contributed by atoms with E-state index in [4.69, 9.17) is 5.73 Å². The van der Waals surface area contributed by atoms with Crippen molar-refractivity contribution in [2.24, 2.45) is 0 Å². The molecule has 0 aliphatic heterocycles. The Hall–Kier alpha value is -2.62. The van der Waals surface area contributed by atoms with E-state index in [0.29, 0.717) is 12.2 Å². The monoisotopic (exact) mass is 281 g/mol. The molecule has 4 heteroatoms. The van der Waals surface area contributed by atoms with Gasteiger partial charge in [-0.15, -0.1) is 0 Å². The molecule has 1 heterocycles. The SMILES string of the molecule is CN(Cc1cc(N)c2ccccc2n1)c1cccc(F)c1. The summed E-state index contributed by atoms with van der Waals surface area (Å²) in [6.07, 6.45) is 0. The zero-order valence-electron chi connectivity index (χ0n) is 11.8. The van der Waals surface area contributed by atoms with Crippen molar-refractivity contribution in [1.82, 2.24) is 4.98 Å². The van der Waals surface area contributed by atoms with Gasteiger partial charge >= 0.3 is 0 Å². The van der Waals surface area contributed by atoms with E-state index in [-0.39, 0.29) is 5.82 Å². The number of nitrogens with two attached hydrogens (primary N) is 1. The van der Waals surface area contributed by atoms with E-state index in [0.717, 1.165) is 22.3 Å². The van der Waals surface area contributed by atoms with Gasteiger partial charge in [0.15, 0.2) is 0 Å². The Morgan fingerprint density at radius 1 is 1.10 bits per heavy atom. The van der Waals surface area contributed by atoms with Gasteiger partial charge in [0.25, 0.3) is 0 Å². The van der Waals surface area contributed by atoms with Crippen LogP contribution in [-0.2, 0) is 6.54 Å². The Morgan fingerprint density at radius 3 is 2.71 bits per heavy atom. The summed E-state index contributed by atoms with van der Waals surface area (Å²) in [6.45, 7) is 0.568. The number of anilines is 2. The maximum atomic E-state index is 13.3. The number of benzene rings is 2. The number of para-hydroxylation sites is 1. The molecule has 3 nitrogen and oxygen atoms in total. The third-order valence-corrected chi connectivity index (χ3v) is 3.45. The molecule has 0 fully saturated rings. The molecule has 0 unspecified atom stereocenters. The summed E-state index contributed by atoms with van der Waals surface area (Å²) < 4.78 is 13.3. The number of fused-ring (bicyclic) bond motifs is 1. The van der Waals surface area contributed by atoms with Crippen LogP contribution in [-0.4, -0.2) is 12.0 Å². The molecule has 0 amide bonds. The maximum absolute atomic E-state index is 13.3. The molecule has 3 aromatic rings. The quantitative estimate of drug-likeness (QED) is 0.797. The zero-order valence-corrected chi connectivity index (χ0v) is 11.8. The molecule has 0 saturated heterocycles. The second-order valence-corrected chi connectivity index (χ2v) is 5.06. The van der Waals surface area contributed by atoms with Crippen LogP contribution in [0.4, 0.5) is 15.8 Å². The van der Waals surface area contributed by atoms with Gasteiger partial charge in [-0.2, -0.15) is 0 Å². The molecule has 0 radical (unpaired) electrons. The van der Waals surface area contributed by atoms with Gasteiger partial charge in [-0.3, -0.25) is 4.98 Å². The summed E-state index contributed by atoms with van der Waals surface area (Å²) in [7, 11) is 1.90. The lowest BCUT2D eigenvalue weighted by Crippen LogP contribution is -2.17. The Labute approximate surface area is 122 Å². The van der Waals surface area contributed by atoms with Crippen molar-refractivity contribution in [3.63, 3.8) is 0 Å². The highest BCUT2D eigenvalue weighted by Crippen LogP contribution is 2.22. The predicted molar refractivity (Wildman–Crippen MR) is 84.7 cm³/mol. The van der Waals surface area contributed by atoms with Gasteiger partial charge in [0.05, 0.1) is 17.8 Å². The maximum Gasteiger partial charge on any atom is 0.125 e. The highest BCUT2D eigenvalue weighted by atomic mass is 19.1. The van der Waals surface area contributed by atoms with E-state index in [1.807, 2.05) is 48.3 Å². The van der Waals surface area contributed by atoms with Crippen LogP contribution in [0.2, 0.25) is 0 Å². The highest BCUT2D eigenvalue weighted by Gasteiger charge is 2.07. The first-order valence-electron chi connectivity index (χ1n) is 6.74. The minimum Gasteiger partial charge on any atom is -0.398 e. The van der Waals surface area contributed by atoms with Gasteiger partial charge in [-0.05, 0) is 30.3 Å². The molecule has 0 spiro atoms. The lowest BCUT2D eigenvalue weighted by Gasteiger charge is -2.19. The summed E-state index contributed by atoms with van der Waals surface area (Å²) >= 11 is 0. The molecule has 1 aromatic heterocycles. The van der Waals surface area contributed by atoms with Crippen molar-refractivity contribution in [2.45, 2.75) is 6.54 Å². The lowest BCUT2D eigenvalue weighted by molar-refractivity contribution is 0.627. The molecule has 0 bridgehead atoms. The van der Waals surface area contributed by atoms with Crippen molar-refractivity contribution in [2.75, 3.05) is 17.7 Å². The van der Waals surface area contributed by atoms with Crippen LogP contribution < -0.4 is 10.6 Å². The molecule has 0 aliphatic rings. The first-order valence-corrected chi connectivity index (χ1v) is 6.74. The van der Waals surface area contributed by atoms with Crippen LogP contribution in [0.1, 0.15) is 5.69 Å². The average molecular weight is 281 g/mol. The van der Waals surface area contributed by atoms with Crippen LogP contribution in [0.15, 0.2) is 54.6 Å². The van der Waals surface area contributed by atoms with Gasteiger partial charge in [0.2, 0.25) is 0 Å². The fraction of sp³-hybridized carbons (Fsp3) is 0.118. The minimum absolute atomic E-state index is 0.245. The van der Waals surface area contributed by atoms with Gasteiger partial charge in [-0.1, -0.05) is 24.3 Å². The number of rotatable bonds is 3. The van der Waals surface area contributed by atoms with Crippen LogP contribution in [0.25, 0.3) is 10.9 Å². The summed E-state index contributed by atoms with van der Waals surface area (Å²) in [4.78, 5) is 6.55. The van der Waals surface area contributed by atoms with Gasteiger partial charge in [-0.25, -0.2) is 4.39 Å². The van der Waals surface area contributed by atoms with Crippen molar-refractivity contribution in [3.05, 3.63) is 66.1 Å². The molecule has 0 aliphatic carbocycles. The number of aromatic nitrogens is 1. The summed E-state index contributed by atoms with van der Waals surface area (Å²) in [5, 5.41) is 0.953. The molecule has 21 heavy (non-hydrogen) atoms. The van der Waals surface area contributed by atoms with Crippen molar-refractivity contribution >= 4 is 22.3 Å². The Kier molecular flexibility index (Phi) is 3.44. The summed E-state index contributed by atoms with van der Waals surface area (Å²) in [6, 6.07) is 16.2. The number of nitrogens with zero attached hydrogens (tertiary/aromatic N) is 2. The molecule has 2 N–H and O–H groups in total. The number of pyridine rings is 1. The molecular weight excluding hydrogens is 265 g/mol. The Balaban J connectivity index is 1.91. The molecule has 2 aromatic carbocycles. The van der Waals surface area contributed by atoms with E-state index in [1.54, 1.807) is 6.07 Å². The molecular formula is C17H16FN3. The first kappa shape index (κ1) is 13.4. The Morgan fingerprint density at radius 2 is 1.90 bits per heavy atom. The van der Waals surface area contributed by atoms with Crippen molar-refractivity contribution in [1.29, 1.82) is 0 Å². The standard InChI is InChI=1S/C17H16FN3/c1-21(14-6-4-5-12(18)9-14)11-13-10-16(19)15-7-2-3-8-17(15)20-13/h2-10H,11H2,1H3,(H2,19,20). The van der Waals surface area contributed by atoms with E-state index in [9.17, 15) is 4.39 Å². The topological polar surface area (TPSA) is 42.1 Å². The third-order valence-electron chi connectivity index (χ3n) is 3.45. The van der Waals surface area contributed by atoms with Crippen LogP contribution >= 0.6 is 0 Å². The normalized spacial score (nSPS) is 10.8. The second kappa shape index (κ2) is 5.40. The van der Waals surface area contributed by atoms with Gasteiger partial charge in [0.1, 0.15) is 5.82 Å². The number of halogens is 1. The van der Waals surface area contributed by atoms with Crippen LogP contribution in [0.5, 0.6) is 0 Å². The molecule has 106 valence electrons. The summed E-state index contributed by atoms with van der Waals surface area (Å²) in [5.74, 6) is -0.245. The number of nitrogen functional groups attached to an aromatic ring is 1. The fourth-order valence-electron chi connectivity index (χ4n) is 2.39. The van der Waals surface area contributed by atoms with E-state index < -0.39 is 0 Å². The van der Waals surface area contributed by atoms with Gasteiger partial charge in [0, 0.05) is 23.8 Å². The van der Waals surface area contributed by atoms with E-state index in [2.05, 4.69) is 4.98 Å². The van der Waals surface area contributed by atoms with Crippen LogP contribution in [0.3, 0.4) is 0 Å². The van der Waals surface area contributed by atoms with Gasteiger partial charge < -0.3 is 10.6 Å². The molecule has 3 rings (SSSR count). The number of hydrogen-bond acceptors (Lipinski definition) is 3. The highest BCUT2D eigenvalue weighted by molar-refractivity contribution is 5.90. The lowest BCUT2D eigenvalue weighted by atomic mass is 10.1. The van der Waals surface area contributed by atoms with E-state index >= 15 is 0 Å². The zero-order chi connectivity index (χ0) is 14.8. The molecule has 0 atom stereocenters. The number of hydrogen-bond donors (Lipinski definition) is 1. The van der Waals surface area contributed by atoms with E-state index in [1.165, 1.54) is 12.1 Å². The largest absolute Gasteiger partial charge is 0.398 e. The predicted octanol–water partition coefficient (Wildman–Crippen LogP) is 3.59. The summed E-state index contributed by atoms with van der Waals surface area (Å²) in [5.41, 5.74) is 9.33. The minimum atomic E-state index is -0.245. The smallest absolute Gasteiger partial charge is 0.125 e. The van der Waals surface area contributed by atoms with Crippen molar-refractivity contribution in [3.8, 4) is 0 Å². The third kappa shape index (κ3) is 2.79. The average Bonchev–Trinajstić information content (AvgIpc) is 2.47. The first-order chi connectivity index (χ1) is 10.1. The van der Waals surface area contributed by atoms with Crippen molar-refractivity contribution < 1.29 is 4.39 Å². The fourth-order valence-corrected chi connectivity index (χ4v) is 2.39. The van der Waals surface area contributed by atoms with Crippen LogP contribution in [0, 0.1) is 5.82 Å². The second-order valence-electron chi connectivity index (χ2n) is 5.06. The molecule has 0 saturated carbocycles. The Bertz CT molecular complexity index is 786.